The number of aromatic nitrogens is 2. The Kier molecular flexibility index (Phi) is 8.24. The third-order valence-electron chi connectivity index (χ3n) is 5.65. The Morgan fingerprint density at radius 2 is 1.63 bits per heavy atom. The predicted molar refractivity (Wildman–Crippen MR) is 128 cm³/mol. The monoisotopic (exact) mass is 485 g/mol. The van der Waals surface area contributed by atoms with Gasteiger partial charge in [0.25, 0.3) is 5.91 Å². The average Bonchev–Trinajstić information content (AvgIpc) is 3.23. The number of aromatic amines is 1. The zero-order chi connectivity index (χ0) is 25.5. The molecule has 2 unspecified atom stereocenters. The van der Waals surface area contributed by atoms with Gasteiger partial charge in [-0.25, -0.2) is 19.0 Å². The molecule has 0 spiro atoms. The number of benzene rings is 2. The second-order valence-corrected chi connectivity index (χ2v) is 8.56. The quantitative estimate of drug-likeness (QED) is 0.256. The van der Waals surface area contributed by atoms with Gasteiger partial charge in [-0.2, -0.15) is 0 Å². The van der Waals surface area contributed by atoms with Gasteiger partial charge in [-0.15, -0.1) is 0 Å². The summed E-state index contributed by atoms with van der Waals surface area (Å²) in [5.74, 6) is -0.755. The minimum Gasteiger partial charge on any atom is -0.465 e. The van der Waals surface area contributed by atoms with Crippen LogP contribution in [-0.2, 0) is 0 Å². The molecule has 186 valence electrons. The van der Waals surface area contributed by atoms with Gasteiger partial charge in [0.1, 0.15) is 5.82 Å². The van der Waals surface area contributed by atoms with Gasteiger partial charge in [-0.3, -0.25) is 4.79 Å². The number of rotatable bonds is 10. The SMILES string of the molecule is CC(C)C(CCC(CNC(=O)c1nc2ccc(-c3ccc(F)cc3)cc2[nH]1)NC(=O)O)NC(=O)O. The molecular weight excluding hydrogens is 457 g/mol. The van der Waals surface area contributed by atoms with Crippen molar-refractivity contribution >= 4 is 29.1 Å². The Balaban J connectivity index is 1.66. The molecule has 2 atom stereocenters. The molecule has 0 bridgehead atoms. The molecule has 6 N–H and O–H groups in total. The van der Waals surface area contributed by atoms with Crippen molar-refractivity contribution in [2.24, 2.45) is 5.92 Å². The van der Waals surface area contributed by atoms with Crippen LogP contribution in [0.2, 0.25) is 0 Å². The zero-order valence-corrected chi connectivity index (χ0v) is 19.3. The van der Waals surface area contributed by atoms with E-state index in [1.807, 2.05) is 26.0 Å². The number of nitrogens with one attached hydrogen (secondary N) is 4. The van der Waals surface area contributed by atoms with Crippen molar-refractivity contribution in [1.29, 1.82) is 0 Å². The molecule has 0 radical (unpaired) electrons. The van der Waals surface area contributed by atoms with E-state index in [-0.39, 0.29) is 30.1 Å². The number of fused-ring (bicyclic) bond motifs is 1. The first-order valence-corrected chi connectivity index (χ1v) is 11.1. The molecule has 0 aliphatic rings. The molecule has 0 aliphatic heterocycles. The number of carbonyl (C=O) groups excluding carboxylic acids is 1. The molecule has 35 heavy (non-hydrogen) atoms. The molecule has 10 nitrogen and oxygen atoms in total. The molecule has 1 heterocycles. The van der Waals surface area contributed by atoms with Crippen molar-refractivity contribution in [3.05, 3.63) is 54.1 Å². The summed E-state index contributed by atoms with van der Waals surface area (Å²) in [5, 5.41) is 25.6. The van der Waals surface area contributed by atoms with E-state index in [0.29, 0.717) is 23.9 Å². The van der Waals surface area contributed by atoms with Gasteiger partial charge in [0.2, 0.25) is 0 Å². The van der Waals surface area contributed by atoms with Gasteiger partial charge in [0.05, 0.1) is 11.0 Å². The number of carboxylic acid groups (broad SMARTS) is 2. The fourth-order valence-corrected chi connectivity index (χ4v) is 3.75. The van der Waals surface area contributed by atoms with Crippen LogP contribution in [0.5, 0.6) is 0 Å². The molecule has 0 aliphatic carbocycles. The van der Waals surface area contributed by atoms with Crippen LogP contribution in [0.25, 0.3) is 22.2 Å². The van der Waals surface area contributed by atoms with E-state index in [4.69, 9.17) is 10.2 Å². The van der Waals surface area contributed by atoms with E-state index in [0.717, 1.165) is 11.1 Å². The van der Waals surface area contributed by atoms with Gasteiger partial charge in [-0.1, -0.05) is 32.0 Å². The minimum absolute atomic E-state index is 0.000888. The molecule has 3 aromatic rings. The van der Waals surface area contributed by atoms with E-state index in [2.05, 4.69) is 25.9 Å². The highest BCUT2D eigenvalue weighted by atomic mass is 19.1. The molecule has 3 rings (SSSR count). The first kappa shape index (κ1) is 25.5. The Morgan fingerprint density at radius 1 is 0.971 bits per heavy atom. The van der Waals surface area contributed by atoms with Gasteiger partial charge >= 0.3 is 12.2 Å². The molecule has 11 heteroatoms. The third-order valence-corrected chi connectivity index (χ3v) is 5.65. The zero-order valence-electron chi connectivity index (χ0n) is 19.3. The number of nitrogens with zero attached hydrogens (tertiary/aromatic N) is 1. The smallest absolute Gasteiger partial charge is 0.404 e. The van der Waals surface area contributed by atoms with Crippen molar-refractivity contribution in [3.63, 3.8) is 0 Å². The molecule has 1 aromatic heterocycles. The van der Waals surface area contributed by atoms with Crippen LogP contribution in [0.1, 0.15) is 37.3 Å². The maximum atomic E-state index is 13.2. The summed E-state index contributed by atoms with van der Waals surface area (Å²) in [4.78, 5) is 42.1. The lowest BCUT2D eigenvalue weighted by atomic mass is 9.97. The number of hydrogen-bond donors (Lipinski definition) is 6. The van der Waals surface area contributed by atoms with E-state index >= 15 is 0 Å². The van der Waals surface area contributed by atoms with Crippen LogP contribution in [-0.4, -0.2) is 56.9 Å². The van der Waals surface area contributed by atoms with E-state index in [1.165, 1.54) is 12.1 Å². The fraction of sp³-hybridized carbons (Fsp3) is 0.333. The normalized spacial score (nSPS) is 12.8. The second kappa shape index (κ2) is 11.3. The Labute approximate surface area is 201 Å². The van der Waals surface area contributed by atoms with Crippen LogP contribution in [0.4, 0.5) is 14.0 Å². The van der Waals surface area contributed by atoms with E-state index in [9.17, 15) is 18.8 Å². The van der Waals surface area contributed by atoms with Gasteiger partial charge in [-0.05, 0) is 54.2 Å². The van der Waals surface area contributed by atoms with Crippen LogP contribution in [0, 0.1) is 11.7 Å². The van der Waals surface area contributed by atoms with Crippen molar-refractivity contribution < 1.29 is 29.0 Å². The number of H-pyrrole nitrogens is 1. The summed E-state index contributed by atoms with van der Waals surface area (Å²) < 4.78 is 13.2. The lowest BCUT2D eigenvalue weighted by Gasteiger charge is -2.24. The van der Waals surface area contributed by atoms with Crippen molar-refractivity contribution in [2.45, 2.75) is 38.8 Å². The molecule has 0 saturated carbocycles. The number of carbonyl (C=O) groups is 3. The highest BCUT2D eigenvalue weighted by Gasteiger charge is 2.21. The van der Waals surface area contributed by atoms with E-state index < -0.39 is 24.1 Å². The Bertz CT molecular complexity index is 1190. The highest BCUT2D eigenvalue weighted by molar-refractivity contribution is 5.95. The summed E-state index contributed by atoms with van der Waals surface area (Å²) in [6.07, 6.45) is -1.68. The maximum absolute atomic E-state index is 13.2. The molecule has 0 fully saturated rings. The summed E-state index contributed by atoms with van der Waals surface area (Å²) in [6.45, 7) is 3.73. The first-order chi connectivity index (χ1) is 16.6. The largest absolute Gasteiger partial charge is 0.465 e. The fourth-order valence-electron chi connectivity index (χ4n) is 3.75. The predicted octanol–water partition coefficient (Wildman–Crippen LogP) is 3.81. The summed E-state index contributed by atoms with van der Waals surface area (Å²) in [7, 11) is 0. The summed E-state index contributed by atoms with van der Waals surface area (Å²) in [6, 6.07) is 10.5. The number of hydrogen-bond acceptors (Lipinski definition) is 4. The number of imidazole rings is 1. The Morgan fingerprint density at radius 3 is 2.26 bits per heavy atom. The molecule has 0 saturated heterocycles. The lowest BCUT2D eigenvalue weighted by molar-refractivity contribution is 0.0938. The van der Waals surface area contributed by atoms with Gasteiger partial charge < -0.3 is 31.1 Å². The highest BCUT2D eigenvalue weighted by Crippen LogP contribution is 2.23. The topological polar surface area (TPSA) is 156 Å². The first-order valence-electron chi connectivity index (χ1n) is 11.1. The number of amides is 3. The lowest BCUT2D eigenvalue weighted by Crippen LogP contribution is -2.45. The second-order valence-electron chi connectivity index (χ2n) is 8.56. The molecule has 2 aromatic carbocycles. The summed E-state index contributed by atoms with van der Waals surface area (Å²) in [5.41, 5.74) is 2.83. The minimum atomic E-state index is -1.24. The molecule has 3 amide bonds. The van der Waals surface area contributed by atoms with Crippen LogP contribution < -0.4 is 16.0 Å². The van der Waals surface area contributed by atoms with Gasteiger partial charge in [0.15, 0.2) is 5.82 Å². The van der Waals surface area contributed by atoms with Crippen LogP contribution >= 0.6 is 0 Å². The number of halogens is 1. The standard InChI is InChI=1S/C24H28FN5O5/c1-13(2)18(30-24(34)35)10-8-17(27-23(32)33)12-26-22(31)21-28-19-9-5-15(11-20(19)29-21)14-3-6-16(25)7-4-14/h3-7,9,11,13,17-18,27,30H,8,10,12H2,1-2H3,(H,26,31)(H,28,29)(H,32,33)(H,34,35). The molecular formula is C24H28FN5O5. The van der Waals surface area contributed by atoms with Crippen molar-refractivity contribution in [2.75, 3.05) is 6.54 Å². The Hall–Kier alpha value is -4.15. The van der Waals surface area contributed by atoms with Gasteiger partial charge in [0, 0.05) is 18.6 Å². The van der Waals surface area contributed by atoms with Crippen molar-refractivity contribution in [1.82, 2.24) is 25.9 Å². The average molecular weight is 486 g/mol. The van der Waals surface area contributed by atoms with E-state index in [1.54, 1.807) is 18.2 Å². The van der Waals surface area contributed by atoms with Crippen LogP contribution in [0.3, 0.4) is 0 Å². The maximum Gasteiger partial charge on any atom is 0.404 e. The summed E-state index contributed by atoms with van der Waals surface area (Å²) >= 11 is 0. The van der Waals surface area contributed by atoms with Crippen molar-refractivity contribution in [3.8, 4) is 11.1 Å². The van der Waals surface area contributed by atoms with Crippen LogP contribution in [0.15, 0.2) is 42.5 Å². The third kappa shape index (κ3) is 7.16.